The Labute approximate surface area is 184 Å². The predicted molar refractivity (Wildman–Crippen MR) is 127 cm³/mol. The first kappa shape index (κ1) is 21.9. The number of nitrogens with one attached hydrogen (secondary N) is 2. The van der Waals surface area contributed by atoms with Crippen LogP contribution in [0.25, 0.3) is 0 Å². The van der Waals surface area contributed by atoms with E-state index in [1.54, 1.807) is 6.07 Å². The monoisotopic (exact) mass is 420 g/mol. The first-order valence-corrected chi connectivity index (χ1v) is 10.7. The Kier molecular flexibility index (Phi) is 7.53. The van der Waals surface area contributed by atoms with Gasteiger partial charge < -0.3 is 10.6 Å². The lowest BCUT2D eigenvalue weighted by molar-refractivity contribution is -0.116. The summed E-state index contributed by atoms with van der Waals surface area (Å²) in [7, 11) is 0. The molecule has 3 nitrogen and oxygen atoms in total. The SMILES string of the molecule is Cc1ccc(NC(=O)CC(c2cccc(NCc3ccccc3)c2)C(C)C)cc1Cl. The van der Waals surface area contributed by atoms with E-state index in [1.807, 2.05) is 37.3 Å². The van der Waals surface area contributed by atoms with Crippen LogP contribution in [0.4, 0.5) is 11.4 Å². The fourth-order valence-corrected chi connectivity index (χ4v) is 3.68. The van der Waals surface area contributed by atoms with Crippen LogP contribution in [0.15, 0.2) is 72.8 Å². The highest BCUT2D eigenvalue weighted by Crippen LogP contribution is 2.30. The standard InChI is InChI=1S/C26H29ClN2O/c1-18(2)24(16-26(30)29-23-13-12-19(3)25(27)15-23)21-10-7-11-22(14-21)28-17-20-8-5-4-6-9-20/h4-15,18,24,28H,16-17H2,1-3H3,(H,29,30). The van der Waals surface area contributed by atoms with Gasteiger partial charge in [-0.05, 0) is 59.7 Å². The number of amides is 1. The quantitative estimate of drug-likeness (QED) is 0.410. The van der Waals surface area contributed by atoms with Crippen molar-refractivity contribution in [1.29, 1.82) is 0 Å². The smallest absolute Gasteiger partial charge is 0.224 e. The zero-order valence-electron chi connectivity index (χ0n) is 17.8. The van der Waals surface area contributed by atoms with E-state index >= 15 is 0 Å². The third-order valence-corrected chi connectivity index (χ3v) is 5.73. The van der Waals surface area contributed by atoms with E-state index in [1.165, 1.54) is 11.1 Å². The van der Waals surface area contributed by atoms with Crippen LogP contribution in [0.1, 0.15) is 42.9 Å². The van der Waals surface area contributed by atoms with Gasteiger partial charge >= 0.3 is 0 Å². The molecule has 0 fully saturated rings. The number of carbonyl (C=O) groups is 1. The minimum Gasteiger partial charge on any atom is -0.381 e. The Bertz CT molecular complexity index is 985. The zero-order chi connectivity index (χ0) is 21.5. The number of anilines is 2. The highest BCUT2D eigenvalue weighted by Gasteiger charge is 2.20. The molecule has 30 heavy (non-hydrogen) atoms. The van der Waals surface area contributed by atoms with Gasteiger partial charge in [0, 0.05) is 29.4 Å². The second kappa shape index (κ2) is 10.3. The molecule has 1 atom stereocenters. The number of aryl methyl sites for hydroxylation is 1. The fourth-order valence-electron chi connectivity index (χ4n) is 3.50. The molecular weight excluding hydrogens is 392 g/mol. The van der Waals surface area contributed by atoms with Crippen molar-refractivity contribution in [3.63, 3.8) is 0 Å². The summed E-state index contributed by atoms with van der Waals surface area (Å²) in [5.74, 6) is 0.461. The largest absolute Gasteiger partial charge is 0.381 e. The van der Waals surface area contributed by atoms with Crippen molar-refractivity contribution in [3.8, 4) is 0 Å². The second-order valence-electron chi connectivity index (χ2n) is 8.03. The minimum atomic E-state index is -0.00346. The lowest BCUT2D eigenvalue weighted by Gasteiger charge is -2.22. The van der Waals surface area contributed by atoms with E-state index in [9.17, 15) is 4.79 Å². The van der Waals surface area contributed by atoms with Crippen molar-refractivity contribution >= 4 is 28.9 Å². The van der Waals surface area contributed by atoms with E-state index < -0.39 is 0 Å². The third kappa shape index (κ3) is 6.11. The van der Waals surface area contributed by atoms with Crippen molar-refractivity contribution in [1.82, 2.24) is 0 Å². The van der Waals surface area contributed by atoms with Gasteiger partial charge in [-0.15, -0.1) is 0 Å². The summed E-state index contributed by atoms with van der Waals surface area (Å²) in [4.78, 5) is 12.7. The molecule has 0 aliphatic carbocycles. The lowest BCUT2D eigenvalue weighted by atomic mass is 9.85. The minimum absolute atomic E-state index is 0.00346. The number of benzene rings is 3. The average Bonchev–Trinajstić information content (AvgIpc) is 2.74. The van der Waals surface area contributed by atoms with E-state index in [4.69, 9.17) is 11.6 Å². The van der Waals surface area contributed by atoms with Crippen LogP contribution < -0.4 is 10.6 Å². The van der Waals surface area contributed by atoms with Gasteiger partial charge in [0.15, 0.2) is 0 Å². The first-order chi connectivity index (χ1) is 14.4. The summed E-state index contributed by atoms with van der Waals surface area (Å²) in [6.45, 7) is 7.03. The molecule has 0 aliphatic heterocycles. The first-order valence-electron chi connectivity index (χ1n) is 10.4. The molecule has 0 radical (unpaired) electrons. The lowest BCUT2D eigenvalue weighted by Crippen LogP contribution is -2.19. The van der Waals surface area contributed by atoms with Gasteiger partial charge in [-0.25, -0.2) is 0 Å². The number of hydrogen-bond acceptors (Lipinski definition) is 2. The van der Waals surface area contributed by atoms with Crippen LogP contribution in [0.5, 0.6) is 0 Å². The summed E-state index contributed by atoms with van der Waals surface area (Å²) < 4.78 is 0. The second-order valence-corrected chi connectivity index (χ2v) is 8.44. The Balaban J connectivity index is 1.67. The molecule has 3 aromatic rings. The molecule has 156 valence electrons. The maximum absolute atomic E-state index is 12.7. The Morgan fingerprint density at radius 3 is 2.40 bits per heavy atom. The topological polar surface area (TPSA) is 41.1 Å². The molecule has 2 N–H and O–H groups in total. The van der Waals surface area contributed by atoms with Crippen molar-refractivity contribution in [2.75, 3.05) is 10.6 Å². The maximum Gasteiger partial charge on any atom is 0.224 e. The molecule has 0 heterocycles. The highest BCUT2D eigenvalue weighted by atomic mass is 35.5. The molecule has 3 aromatic carbocycles. The van der Waals surface area contributed by atoms with Crippen LogP contribution in [0, 0.1) is 12.8 Å². The van der Waals surface area contributed by atoms with Gasteiger partial charge in [0.25, 0.3) is 0 Å². The summed E-state index contributed by atoms with van der Waals surface area (Å²) in [5.41, 5.74) is 5.19. The van der Waals surface area contributed by atoms with E-state index in [0.29, 0.717) is 17.4 Å². The maximum atomic E-state index is 12.7. The molecule has 0 aliphatic rings. The predicted octanol–water partition coefficient (Wildman–Crippen LogP) is 7.03. The molecular formula is C26H29ClN2O. The van der Waals surface area contributed by atoms with E-state index in [-0.39, 0.29) is 11.8 Å². The van der Waals surface area contributed by atoms with E-state index in [0.717, 1.165) is 23.5 Å². The summed E-state index contributed by atoms with van der Waals surface area (Å²) in [6.07, 6.45) is 0.422. The van der Waals surface area contributed by atoms with Gasteiger partial charge in [0.05, 0.1) is 0 Å². The van der Waals surface area contributed by atoms with Crippen LogP contribution in [0.3, 0.4) is 0 Å². The fraction of sp³-hybridized carbons (Fsp3) is 0.269. The molecule has 0 saturated carbocycles. The van der Waals surface area contributed by atoms with Crippen molar-refractivity contribution in [2.24, 2.45) is 5.92 Å². The Morgan fingerprint density at radius 1 is 0.933 bits per heavy atom. The van der Waals surface area contributed by atoms with Gasteiger partial charge in [0.1, 0.15) is 0 Å². The molecule has 0 spiro atoms. The van der Waals surface area contributed by atoms with Crippen LogP contribution in [-0.4, -0.2) is 5.91 Å². The number of carbonyl (C=O) groups excluding carboxylic acids is 1. The molecule has 1 amide bonds. The Hall–Kier alpha value is -2.78. The molecule has 0 saturated heterocycles. The molecule has 3 rings (SSSR count). The summed E-state index contributed by atoms with van der Waals surface area (Å²) in [5, 5.41) is 7.13. The molecule has 0 aromatic heterocycles. The average molecular weight is 421 g/mol. The van der Waals surface area contributed by atoms with Crippen LogP contribution in [-0.2, 0) is 11.3 Å². The number of rotatable bonds is 8. The third-order valence-electron chi connectivity index (χ3n) is 5.32. The van der Waals surface area contributed by atoms with Crippen LogP contribution >= 0.6 is 11.6 Å². The van der Waals surface area contributed by atoms with Crippen molar-refractivity contribution < 1.29 is 4.79 Å². The van der Waals surface area contributed by atoms with Gasteiger partial charge in [-0.1, -0.05) is 74.0 Å². The normalized spacial score (nSPS) is 11.9. The van der Waals surface area contributed by atoms with Gasteiger partial charge in [-0.3, -0.25) is 4.79 Å². The molecule has 4 heteroatoms. The van der Waals surface area contributed by atoms with E-state index in [2.05, 4.69) is 60.9 Å². The van der Waals surface area contributed by atoms with Gasteiger partial charge in [-0.2, -0.15) is 0 Å². The highest BCUT2D eigenvalue weighted by molar-refractivity contribution is 6.31. The summed E-state index contributed by atoms with van der Waals surface area (Å²) in [6, 6.07) is 24.3. The Morgan fingerprint density at radius 2 is 1.70 bits per heavy atom. The number of halogens is 1. The molecule has 0 bridgehead atoms. The van der Waals surface area contributed by atoms with Crippen LogP contribution in [0.2, 0.25) is 5.02 Å². The summed E-state index contributed by atoms with van der Waals surface area (Å²) >= 11 is 6.18. The van der Waals surface area contributed by atoms with Crippen molar-refractivity contribution in [3.05, 3.63) is 94.5 Å². The van der Waals surface area contributed by atoms with Crippen molar-refractivity contribution in [2.45, 2.75) is 39.7 Å². The zero-order valence-corrected chi connectivity index (χ0v) is 18.5. The number of hydrogen-bond donors (Lipinski definition) is 2. The molecule has 1 unspecified atom stereocenters. The van der Waals surface area contributed by atoms with Gasteiger partial charge in [0.2, 0.25) is 5.91 Å².